The second-order valence-corrected chi connectivity index (χ2v) is 5.72. The topological polar surface area (TPSA) is 29.9 Å². The van der Waals surface area contributed by atoms with Crippen LogP contribution in [0.4, 0.5) is 0 Å². The Kier molecular flexibility index (Phi) is 5.28. The lowest BCUT2D eigenvalue weighted by atomic mass is 10.2. The molecule has 0 saturated carbocycles. The molecule has 1 aromatic carbocycles. The SMILES string of the molecule is CCCn1c(CC(CSC)NC)nc2ccccc21. The van der Waals surface area contributed by atoms with Gasteiger partial charge in [-0.15, -0.1) is 0 Å². The molecular weight excluding hydrogens is 254 g/mol. The molecule has 3 nitrogen and oxygen atoms in total. The lowest BCUT2D eigenvalue weighted by molar-refractivity contribution is 0.566. The van der Waals surface area contributed by atoms with E-state index in [4.69, 9.17) is 4.98 Å². The molecule has 0 spiro atoms. The van der Waals surface area contributed by atoms with E-state index in [-0.39, 0.29) is 0 Å². The van der Waals surface area contributed by atoms with Crippen molar-refractivity contribution < 1.29 is 0 Å². The van der Waals surface area contributed by atoms with Gasteiger partial charge in [-0.2, -0.15) is 11.8 Å². The largest absolute Gasteiger partial charge is 0.328 e. The Morgan fingerprint density at radius 3 is 2.84 bits per heavy atom. The molecule has 0 aliphatic heterocycles. The number of nitrogens with zero attached hydrogens (tertiary/aromatic N) is 2. The van der Waals surface area contributed by atoms with Gasteiger partial charge < -0.3 is 9.88 Å². The van der Waals surface area contributed by atoms with Gasteiger partial charge in [0, 0.05) is 24.8 Å². The zero-order chi connectivity index (χ0) is 13.7. The summed E-state index contributed by atoms with van der Waals surface area (Å²) in [5, 5.41) is 3.39. The van der Waals surface area contributed by atoms with Crippen LogP contribution in [-0.2, 0) is 13.0 Å². The highest BCUT2D eigenvalue weighted by atomic mass is 32.2. The number of hydrogen-bond acceptors (Lipinski definition) is 3. The maximum atomic E-state index is 4.81. The van der Waals surface area contributed by atoms with E-state index in [9.17, 15) is 0 Å². The smallest absolute Gasteiger partial charge is 0.111 e. The summed E-state index contributed by atoms with van der Waals surface area (Å²) in [6.07, 6.45) is 4.28. The van der Waals surface area contributed by atoms with E-state index in [0.29, 0.717) is 6.04 Å². The molecule has 0 radical (unpaired) electrons. The molecule has 0 saturated heterocycles. The number of para-hydroxylation sites is 2. The summed E-state index contributed by atoms with van der Waals surface area (Å²) in [6.45, 7) is 3.27. The number of benzene rings is 1. The normalized spacial score (nSPS) is 13.0. The third kappa shape index (κ3) is 3.31. The molecule has 1 aromatic heterocycles. The van der Waals surface area contributed by atoms with Crippen LogP contribution in [0, 0.1) is 0 Å². The monoisotopic (exact) mass is 277 g/mol. The number of likely N-dealkylation sites (N-methyl/N-ethyl adjacent to an activating group) is 1. The lowest BCUT2D eigenvalue weighted by Crippen LogP contribution is -2.31. The first kappa shape index (κ1) is 14.4. The van der Waals surface area contributed by atoms with Crippen molar-refractivity contribution in [3.05, 3.63) is 30.1 Å². The van der Waals surface area contributed by atoms with Crippen LogP contribution < -0.4 is 5.32 Å². The van der Waals surface area contributed by atoms with Gasteiger partial charge in [0.1, 0.15) is 5.82 Å². The molecule has 0 aliphatic carbocycles. The van der Waals surface area contributed by atoms with Crippen LogP contribution in [0.15, 0.2) is 24.3 Å². The molecule has 1 atom stereocenters. The molecule has 1 unspecified atom stereocenters. The van der Waals surface area contributed by atoms with Crippen LogP contribution in [0.2, 0.25) is 0 Å². The number of fused-ring (bicyclic) bond motifs is 1. The summed E-state index contributed by atoms with van der Waals surface area (Å²) < 4.78 is 2.38. The Bertz CT molecular complexity index is 521. The fraction of sp³-hybridized carbons (Fsp3) is 0.533. The number of hydrogen-bond donors (Lipinski definition) is 1. The predicted octanol–water partition coefficient (Wildman–Crippen LogP) is 2.94. The Labute approximate surface area is 119 Å². The van der Waals surface area contributed by atoms with Crippen molar-refractivity contribution in [3.8, 4) is 0 Å². The van der Waals surface area contributed by atoms with Crippen LogP contribution >= 0.6 is 11.8 Å². The zero-order valence-electron chi connectivity index (χ0n) is 12.0. The molecule has 2 rings (SSSR count). The maximum Gasteiger partial charge on any atom is 0.111 e. The number of aryl methyl sites for hydroxylation is 1. The Morgan fingerprint density at radius 2 is 2.16 bits per heavy atom. The van der Waals surface area contributed by atoms with E-state index in [1.54, 1.807) is 0 Å². The zero-order valence-corrected chi connectivity index (χ0v) is 12.8. The van der Waals surface area contributed by atoms with Crippen molar-refractivity contribution in [2.45, 2.75) is 32.4 Å². The Balaban J connectivity index is 2.32. The first-order valence-electron chi connectivity index (χ1n) is 6.90. The van der Waals surface area contributed by atoms with Gasteiger partial charge in [0.15, 0.2) is 0 Å². The maximum absolute atomic E-state index is 4.81. The standard InChI is InChI=1S/C15H23N3S/c1-4-9-18-14-8-6-5-7-13(14)17-15(18)10-12(16-2)11-19-3/h5-8,12,16H,4,9-11H2,1-3H3. The van der Waals surface area contributed by atoms with Gasteiger partial charge in [0.05, 0.1) is 11.0 Å². The number of thioether (sulfide) groups is 1. The quantitative estimate of drug-likeness (QED) is 0.844. The van der Waals surface area contributed by atoms with Gasteiger partial charge in [-0.3, -0.25) is 0 Å². The fourth-order valence-electron chi connectivity index (χ4n) is 2.42. The molecule has 0 amide bonds. The highest BCUT2D eigenvalue weighted by Crippen LogP contribution is 2.18. The number of nitrogens with one attached hydrogen (secondary N) is 1. The van der Waals surface area contributed by atoms with Crippen LogP contribution in [0.25, 0.3) is 11.0 Å². The average Bonchev–Trinajstić information content (AvgIpc) is 2.77. The van der Waals surface area contributed by atoms with Gasteiger partial charge in [-0.25, -0.2) is 4.98 Å². The predicted molar refractivity (Wildman–Crippen MR) is 85.0 cm³/mol. The molecule has 104 valence electrons. The van der Waals surface area contributed by atoms with E-state index >= 15 is 0 Å². The van der Waals surface area contributed by atoms with E-state index in [0.717, 1.165) is 30.7 Å². The van der Waals surface area contributed by atoms with Gasteiger partial charge in [-0.1, -0.05) is 19.1 Å². The molecular formula is C15H23N3S. The average molecular weight is 277 g/mol. The molecule has 2 aromatic rings. The molecule has 0 fully saturated rings. The fourth-order valence-corrected chi connectivity index (χ4v) is 3.11. The van der Waals surface area contributed by atoms with E-state index in [1.807, 2.05) is 18.8 Å². The van der Waals surface area contributed by atoms with E-state index in [2.05, 4.69) is 47.3 Å². The number of imidazole rings is 1. The second kappa shape index (κ2) is 6.96. The summed E-state index contributed by atoms with van der Waals surface area (Å²) in [4.78, 5) is 4.81. The van der Waals surface area contributed by atoms with Gasteiger partial charge >= 0.3 is 0 Å². The Morgan fingerprint density at radius 1 is 1.37 bits per heavy atom. The summed E-state index contributed by atoms with van der Waals surface area (Å²) >= 11 is 1.88. The van der Waals surface area contributed by atoms with Crippen molar-refractivity contribution in [1.82, 2.24) is 14.9 Å². The van der Waals surface area contributed by atoms with Crippen LogP contribution in [0.5, 0.6) is 0 Å². The van der Waals surface area contributed by atoms with E-state index < -0.39 is 0 Å². The molecule has 1 N–H and O–H groups in total. The van der Waals surface area contributed by atoms with E-state index in [1.165, 1.54) is 11.3 Å². The lowest BCUT2D eigenvalue weighted by Gasteiger charge is -2.15. The minimum absolute atomic E-state index is 0.488. The van der Waals surface area contributed by atoms with Crippen LogP contribution in [0.1, 0.15) is 19.2 Å². The summed E-state index contributed by atoms with van der Waals surface area (Å²) in [6, 6.07) is 8.92. The summed E-state index contributed by atoms with van der Waals surface area (Å²) in [5.74, 6) is 2.32. The third-order valence-corrected chi connectivity index (χ3v) is 4.12. The van der Waals surface area contributed by atoms with Gasteiger partial charge in [-0.05, 0) is 31.9 Å². The second-order valence-electron chi connectivity index (χ2n) is 4.81. The summed E-state index contributed by atoms with van der Waals surface area (Å²) in [7, 11) is 2.04. The molecule has 19 heavy (non-hydrogen) atoms. The van der Waals surface area contributed by atoms with Crippen molar-refractivity contribution >= 4 is 22.8 Å². The van der Waals surface area contributed by atoms with Gasteiger partial charge in [0.2, 0.25) is 0 Å². The Hall–Kier alpha value is -1.00. The van der Waals surface area contributed by atoms with Crippen molar-refractivity contribution in [2.24, 2.45) is 0 Å². The van der Waals surface area contributed by atoms with Gasteiger partial charge in [0.25, 0.3) is 0 Å². The van der Waals surface area contributed by atoms with Crippen LogP contribution in [-0.4, -0.2) is 34.6 Å². The first-order valence-corrected chi connectivity index (χ1v) is 8.29. The molecule has 4 heteroatoms. The number of rotatable bonds is 7. The third-order valence-electron chi connectivity index (χ3n) is 3.39. The van der Waals surface area contributed by atoms with Crippen LogP contribution in [0.3, 0.4) is 0 Å². The summed E-state index contributed by atoms with van der Waals surface area (Å²) in [5.41, 5.74) is 2.38. The van der Waals surface area contributed by atoms with Crippen molar-refractivity contribution in [2.75, 3.05) is 19.1 Å². The number of aromatic nitrogens is 2. The first-order chi connectivity index (χ1) is 9.30. The molecule has 0 aliphatic rings. The minimum Gasteiger partial charge on any atom is -0.328 e. The molecule has 0 bridgehead atoms. The highest BCUT2D eigenvalue weighted by molar-refractivity contribution is 7.98. The van der Waals surface area contributed by atoms with Crippen molar-refractivity contribution in [3.63, 3.8) is 0 Å². The molecule has 1 heterocycles. The highest BCUT2D eigenvalue weighted by Gasteiger charge is 2.14. The minimum atomic E-state index is 0.488. The van der Waals surface area contributed by atoms with Crippen molar-refractivity contribution in [1.29, 1.82) is 0 Å².